The molecule has 0 bridgehead atoms. The Balaban J connectivity index is 2.79. The first-order valence-corrected chi connectivity index (χ1v) is 4.05. The summed E-state index contributed by atoms with van der Waals surface area (Å²) in [6.45, 7) is 1.88. The van der Waals surface area contributed by atoms with E-state index in [1.165, 1.54) is 0 Å². The van der Waals surface area contributed by atoms with Crippen LogP contribution >= 0.6 is 0 Å². The minimum absolute atomic E-state index is 0.0973. The van der Waals surface area contributed by atoms with Crippen molar-refractivity contribution in [2.45, 2.75) is 19.4 Å². The summed E-state index contributed by atoms with van der Waals surface area (Å²) in [5.41, 5.74) is 0. The molecule has 1 heterocycles. The summed E-state index contributed by atoms with van der Waals surface area (Å²) in [7, 11) is 0. The molecule has 1 aliphatic rings. The summed E-state index contributed by atoms with van der Waals surface area (Å²) in [6.07, 6.45) is -1.43. The van der Waals surface area contributed by atoms with Crippen LogP contribution in [0.25, 0.3) is 0 Å². The Morgan fingerprint density at radius 1 is 1.64 bits per heavy atom. The number of cyclic esters (lactones) is 1. The van der Waals surface area contributed by atoms with Crippen LogP contribution in [0.2, 0.25) is 0 Å². The van der Waals surface area contributed by atoms with Crippen molar-refractivity contribution in [3.8, 4) is 0 Å². The van der Waals surface area contributed by atoms with E-state index in [4.69, 9.17) is 14.9 Å². The third-order valence-electron chi connectivity index (χ3n) is 1.63. The molecule has 14 heavy (non-hydrogen) atoms. The highest BCUT2D eigenvalue weighted by molar-refractivity contribution is 5.89. The van der Waals surface area contributed by atoms with Crippen LogP contribution in [0.5, 0.6) is 0 Å². The third kappa shape index (κ3) is 1.95. The Hall–Kier alpha value is -1.72. The van der Waals surface area contributed by atoms with Crippen LogP contribution in [-0.4, -0.2) is 34.9 Å². The Bertz CT molecular complexity index is 292. The molecule has 0 saturated carbocycles. The fourth-order valence-corrected chi connectivity index (χ4v) is 1.10. The minimum Gasteiger partial charge on any atom is -0.499 e. The molecule has 0 fully saturated rings. The average molecular weight is 202 g/mol. The monoisotopic (exact) mass is 202 g/mol. The van der Waals surface area contributed by atoms with Crippen LogP contribution in [0.3, 0.4) is 0 Å². The Morgan fingerprint density at radius 2 is 2.29 bits per heavy atom. The van der Waals surface area contributed by atoms with E-state index >= 15 is 0 Å². The van der Waals surface area contributed by atoms with Gasteiger partial charge in [0.05, 0.1) is 13.0 Å². The SMILES string of the molecule is CCOC1=C(O)C(=O)OC1CC(=O)O. The lowest BCUT2D eigenvalue weighted by atomic mass is 10.2. The number of rotatable bonds is 4. The summed E-state index contributed by atoms with van der Waals surface area (Å²) in [6, 6.07) is 0. The maximum atomic E-state index is 10.8. The highest BCUT2D eigenvalue weighted by atomic mass is 16.6. The highest BCUT2D eigenvalue weighted by Gasteiger charge is 2.37. The van der Waals surface area contributed by atoms with E-state index in [2.05, 4.69) is 4.74 Å². The molecule has 6 heteroatoms. The van der Waals surface area contributed by atoms with Gasteiger partial charge in [-0.3, -0.25) is 4.79 Å². The number of esters is 1. The Kier molecular flexibility index (Phi) is 2.95. The zero-order valence-electron chi connectivity index (χ0n) is 7.52. The molecule has 0 spiro atoms. The predicted molar refractivity (Wildman–Crippen MR) is 43.4 cm³/mol. The highest BCUT2D eigenvalue weighted by Crippen LogP contribution is 2.24. The molecule has 0 radical (unpaired) electrons. The van der Waals surface area contributed by atoms with Crippen molar-refractivity contribution in [2.75, 3.05) is 6.61 Å². The van der Waals surface area contributed by atoms with E-state index in [0.29, 0.717) is 0 Å². The number of carbonyl (C=O) groups excluding carboxylic acids is 1. The van der Waals surface area contributed by atoms with Gasteiger partial charge >= 0.3 is 11.9 Å². The fourth-order valence-electron chi connectivity index (χ4n) is 1.10. The molecule has 0 saturated heterocycles. The van der Waals surface area contributed by atoms with Crippen LogP contribution in [-0.2, 0) is 19.1 Å². The minimum atomic E-state index is -1.13. The maximum absolute atomic E-state index is 10.8. The quantitative estimate of drug-likeness (QED) is 0.632. The van der Waals surface area contributed by atoms with Gasteiger partial charge in [-0.15, -0.1) is 0 Å². The van der Waals surface area contributed by atoms with Gasteiger partial charge in [0, 0.05) is 0 Å². The molecule has 0 amide bonds. The molecular weight excluding hydrogens is 192 g/mol. The van der Waals surface area contributed by atoms with Gasteiger partial charge in [0.25, 0.3) is 0 Å². The standard InChI is InChI=1S/C8H10O6/c1-2-13-7-4(3-5(9)10)14-8(12)6(7)11/h4,11H,2-3H2,1H3,(H,9,10). The number of hydrogen-bond acceptors (Lipinski definition) is 5. The molecule has 1 unspecified atom stereocenters. The predicted octanol–water partition coefficient (Wildman–Crippen LogP) is 0.193. The van der Waals surface area contributed by atoms with Crippen molar-refractivity contribution in [1.82, 2.24) is 0 Å². The maximum Gasteiger partial charge on any atom is 0.377 e. The van der Waals surface area contributed by atoms with Crippen molar-refractivity contribution in [3.05, 3.63) is 11.5 Å². The lowest BCUT2D eigenvalue weighted by Crippen LogP contribution is -2.18. The first-order chi connectivity index (χ1) is 6.56. The van der Waals surface area contributed by atoms with Crippen molar-refractivity contribution < 1.29 is 29.3 Å². The molecule has 1 rings (SSSR count). The van der Waals surface area contributed by atoms with Crippen molar-refractivity contribution in [2.24, 2.45) is 0 Å². The third-order valence-corrected chi connectivity index (χ3v) is 1.63. The van der Waals surface area contributed by atoms with Crippen LogP contribution in [0.1, 0.15) is 13.3 Å². The number of carbonyl (C=O) groups is 2. The summed E-state index contributed by atoms with van der Waals surface area (Å²) in [4.78, 5) is 21.2. The normalized spacial score (nSPS) is 20.9. The van der Waals surface area contributed by atoms with Crippen LogP contribution in [0, 0.1) is 0 Å². The van der Waals surface area contributed by atoms with Gasteiger partial charge in [0.2, 0.25) is 5.76 Å². The number of carboxylic acid groups (broad SMARTS) is 1. The molecule has 0 aromatic rings. The van der Waals surface area contributed by atoms with Crippen molar-refractivity contribution >= 4 is 11.9 Å². The van der Waals surface area contributed by atoms with E-state index < -0.39 is 30.2 Å². The summed E-state index contributed by atoms with van der Waals surface area (Å²) in [5, 5.41) is 17.6. The van der Waals surface area contributed by atoms with Gasteiger partial charge in [-0.25, -0.2) is 4.79 Å². The number of aliphatic carboxylic acids is 1. The molecule has 0 aromatic carbocycles. The topological polar surface area (TPSA) is 93.1 Å². The van der Waals surface area contributed by atoms with Crippen molar-refractivity contribution in [1.29, 1.82) is 0 Å². The first kappa shape index (κ1) is 10.4. The lowest BCUT2D eigenvalue weighted by molar-refractivity contribution is -0.147. The Labute approximate surface area is 79.7 Å². The number of ether oxygens (including phenoxy) is 2. The molecule has 1 aliphatic heterocycles. The number of aliphatic hydroxyl groups is 1. The number of carboxylic acids is 1. The molecule has 0 aromatic heterocycles. The molecule has 1 atom stereocenters. The number of aliphatic hydroxyl groups excluding tert-OH is 1. The van der Waals surface area contributed by atoms with Gasteiger partial charge in [-0.2, -0.15) is 0 Å². The van der Waals surface area contributed by atoms with E-state index in [9.17, 15) is 9.59 Å². The van der Waals surface area contributed by atoms with Gasteiger partial charge in [-0.05, 0) is 6.92 Å². The van der Waals surface area contributed by atoms with E-state index in [-0.39, 0.29) is 12.4 Å². The molecule has 0 aliphatic carbocycles. The van der Waals surface area contributed by atoms with E-state index in [0.717, 1.165) is 0 Å². The molecule has 6 nitrogen and oxygen atoms in total. The average Bonchev–Trinajstić information content (AvgIpc) is 2.32. The second kappa shape index (κ2) is 3.99. The van der Waals surface area contributed by atoms with Gasteiger partial charge < -0.3 is 19.7 Å². The van der Waals surface area contributed by atoms with E-state index in [1.54, 1.807) is 6.92 Å². The second-order valence-electron chi connectivity index (χ2n) is 2.64. The smallest absolute Gasteiger partial charge is 0.377 e. The molecule has 78 valence electrons. The first-order valence-electron chi connectivity index (χ1n) is 4.05. The fraction of sp³-hybridized carbons (Fsp3) is 0.500. The van der Waals surface area contributed by atoms with Crippen LogP contribution in [0.4, 0.5) is 0 Å². The molecular formula is C8H10O6. The van der Waals surface area contributed by atoms with Gasteiger partial charge in [0.15, 0.2) is 11.9 Å². The lowest BCUT2D eigenvalue weighted by Gasteiger charge is -2.10. The van der Waals surface area contributed by atoms with E-state index in [1.807, 2.05) is 0 Å². The summed E-state index contributed by atoms with van der Waals surface area (Å²) < 4.78 is 9.50. The van der Waals surface area contributed by atoms with Crippen LogP contribution in [0.15, 0.2) is 11.5 Å². The van der Waals surface area contributed by atoms with Gasteiger partial charge in [-0.1, -0.05) is 0 Å². The Morgan fingerprint density at radius 3 is 2.79 bits per heavy atom. The largest absolute Gasteiger partial charge is 0.499 e. The van der Waals surface area contributed by atoms with Crippen LogP contribution < -0.4 is 0 Å². The molecule has 2 N–H and O–H groups in total. The van der Waals surface area contributed by atoms with Crippen molar-refractivity contribution in [3.63, 3.8) is 0 Å². The zero-order chi connectivity index (χ0) is 10.7. The second-order valence-corrected chi connectivity index (χ2v) is 2.64. The number of hydrogen-bond donors (Lipinski definition) is 2. The zero-order valence-corrected chi connectivity index (χ0v) is 7.52. The summed E-state index contributed by atoms with van der Waals surface area (Å²) >= 11 is 0. The summed E-state index contributed by atoms with van der Waals surface area (Å²) in [5.74, 6) is -2.81. The van der Waals surface area contributed by atoms with Gasteiger partial charge in [0.1, 0.15) is 0 Å².